The molecule has 3 nitrogen and oxygen atoms in total. The van der Waals surface area contributed by atoms with Gasteiger partial charge in [0.15, 0.2) is 0 Å². The molecule has 2 heterocycles. The molecule has 3 rings (SSSR count). The number of thiophene rings is 1. The summed E-state index contributed by atoms with van der Waals surface area (Å²) in [5, 5.41) is 5.73. The maximum absolute atomic E-state index is 12.1. The summed E-state index contributed by atoms with van der Waals surface area (Å²) < 4.78 is 0.958. The molecule has 0 radical (unpaired) electrons. The van der Waals surface area contributed by atoms with Crippen molar-refractivity contribution < 1.29 is 4.79 Å². The number of aromatic nitrogens is 1. The lowest BCUT2D eigenvalue weighted by molar-refractivity contribution is 0.103. The zero-order chi connectivity index (χ0) is 13.2. The Kier molecular flexibility index (Phi) is 3.31. The van der Waals surface area contributed by atoms with E-state index in [4.69, 9.17) is 0 Å². The number of halogens is 1. The lowest BCUT2D eigenvalue weighted by Gasteiger charge is -2.07. The van der Waals surface area contributed by atoms with Crippen molar-refractivity contribution >= 4 is 49.8 Å². The summed E-state index contributed by atoms with van der Waals surface area (Å²) in [7, 11) is 0. The summed E-state index contributed by atoms with van der Waals surface area (Å²) in [5.41, 5.74) is 1.62. The van der Waals surface area contributed by atoms with Crippen LogP contribution in [0.25, 0.3) is 10.9 Å². The Balaban J connectivity index is 2.01. The van der Waals surface area contributed by atoms with E-state index in [-0.39, 0.29) is 5.91 Å². The first-order valence-corrected chi connectivity index (χ1v) is 7.30. The number of hydrogen-bond donors (Lipinski definition) is 1. The Morgan fingerprint density at radius 1 is 1.26 bits per heavy atom. The Labute approximate surface area is 122 Å². The van der Waals surface area contributed by atoms with Crippen LogP contribution in [0.1, 0.15) is 9.67 Å². The van der Waals surface area contributed by atoms with Gasteiger partial charge < -0.3 is 5.32 Å². The summed E-state index contributed by atoms with van der Waals surface area (Å²) in [6.45, 7) is 0. The standard InChI is InChI=1S/C14H9BrN2OS/c15-9-3-4-11-10(8-9)12(5-6-16-11)17-14(18)13-2-1-7-19-13/h1-8H,(H,16,17,18). The van der Waals surface area contributed by atoms with Gasteiger partial charge in [-0.25, -0.2) is 0 Å². The van der Waals surface area contributed by atoms with E-state index in [9.17, 15) is 4.79 Å². The highest BCUT2D eigenvalue weighted by Gasteiger charge is 2.09. The second-order valence-corrected chi connectivity index (χ2v) is 5.81. The van der Waals surface area contributed by atoms with Crippen molar-refractivity contribution in [2.24, 2.45) is 0 Å². The van der Waals surface area contributed by atoms with Gasteiger partial charge in [0.2, 0.25) is 0 Å². The summed E-state index contributed by atoms with van der Waals surface area (Å²) in [4.78, 5) is 17.0. The molecular formula is C14H9BrN2OS. The average molecular weight is 333 g/mol. The first-order chi connectivity index (χ1) is 9.24. The minimum atomic E-state index is -0.0949. The van der Waals surface area contributed by atoms with E-state index >= 15 is 0 Å². The molecule has 0 fully saturated rings. The zero-order valence-corrected chi connectivity index (χ0v) is 12.2. The fraction of sp³-hybridized carbons (Fsp3) is 0. The van der Waals surface area contributed by atoms with Crippen LogP contribution in [0.3, 0.4) is 0 Å². The number of benzene rings is 1. The van der Waals surface area contributed by atoms with Crippen molar-refractivity contribution in [1.29, 1.82) is 0 Å². The Morgan fingerprint density at radius 3 is 2.95 bits per heavy atom. The minimum absolute atomic E-state index is 0.0949. The lowest BCUT2D eigenvalue weighted by Crippen LogP contribution is -2.10. The van der Waals surface area contributed by atoms with Crippen LogP contribution < -0.4 is 5.32 Å². The number of hydrogen-bond acceptors (Lipinski definition) is 3. The smallest absolute Gasteiger partial charge is 0.265 e. The van der Waals surface area contributed by atoms with E-state index in [2.05, 4.69) is 26.2 Å². The van der Waals surface area contributed by atoms with Crippen molar-refractivity contribution in [2.45, 2.75) is 0 Å². The van der Waals surface area contributed by atoms with E-state index in [1.54, 1.807) is 18.3 Å². The summed E-state index contributed by atoms with van der Waals surface area (Å²) >= 11 is 4.85. The van der Waals surface area contributed by atoms with Gasteiger partial charge in [0, 0.05) is 16.1 Å². The Morgan fingerprint density at radius 2 is 2.16 bits per heavy atom. The van der Waals surface area contributed by atoms with Crippen LogP contribution in [0.5, 0.6) is 0 Å². The highest BCUT2D eigenvalue weighted by Crippen LogP contribution is 2.25. The summed E-state index contributed by atoms with van der Waals surface area (Å²) in [5.74, 6) is -0.0949. The quantitative estimate of drug-likeness (QED) is 0.759. The first-order valence-electron chi connectivity index (χ1n) is 5.63. The number of anilines is 1. The third kappa shape index (κ3) is 2.52. The van der Waals surface area contributed by atoms with Crippen LogP contribution in [0, 0.1) is 0 Å². The van der Waals surface area contributed by atoms with Gasteiger partial charge in [0.1, 0.15) is 0 Å². The van der Waals surface area contributed by atoms with Crippen molar-refractivity contribution in [3.05, 3.63) is 57.3 Å². The monoisotopic (exact) mass is 332 g/mol. The average Bonchev–Trinajstić information content (AvgIpc) is 2.93. The molecule has 1 amide bonds. The van der Waals surface area contributed by atoms with E-state index < -0.39 is 0 Å². The van der Waals surface area contributed by atoms with Gasteiger partial charge in [-0.3, -0.25) is 9.78 Å². The van der Waals surface area contributed by atoms with E-state index in [1.807, 2.05) is 29.6 Å². The highest BCUT2D eigenvalue weighted by molar-refractivity contribution is 9.10. The molecular weight excluding hydrogens is 324 g/mol. The van der Waals surface area contributed by atoms with Crippen LogP contribution in [0.4, 0.5) is 5.69 Å². The molecule has 2 aromatic heterocycles. The largest absolute Gasteiger partial charge is 0.321 e. The SMILES string of the molecule is O=C(Nc1ccnc2ccc(Br)cc12)c1cccs1. The van der Waals surface area contributed by atoms with Crippen molar-refractivity contribution in [2.75, 3.05) is 5.32 Å². The second-order valence-electron chi connectivity index (χ2n) is 3.95. The molecule has 0 atom stereocenters. The van der Waals surface area contributed by atoms with E-state index in [0.29, 0.717) is 4.88 Å². The van der Waals surface area contributed by atoms with Gasteiger partial charge in [0.05, 0.1) is 16.1 Å². The molecule has 5 heteroatoms. The molecule has 0 aliphatic carbocycles. The van der Waals surface area contributed by atoms with Crippen LogP contribution in [-0.2, 0) is 0 Å². The van der Waals surface area contributed by atoms with Gasteiger partial charge in [-0.2, -0.15) is 0 Å². The molecule has 0 saturated carbocycles. The molecule has 0 bridgehead atoms. The number of carbonyl (C=O) groups excluding carboxylic acids is 1. The van der Waals surface area contributed by atoms with Gasteiger partial charge in [-0.05, 0) is 35.7 Å². The van der Waals surface area contributed by atoms with Gasteiger partial charge in [0.25, 0.3) is 5.91 Å². The molecule has 0 saturated heterocycles. The summed E-state index contributed by atoms with van der Waals surface area (Å²) in [6, 6.07) is 11.3. The second kappa shape index (κ2) is 5.11. The van der Waals surface area contributed by atoms with E-state index in [0.717, 1.165) is 21.1 Å². The first kappa shape index (κ1) is 12.3. The molecule has 0 aliphatic heterocycles. The van der Waals surface area contributed by atoms with Crippen molar-refractivity contribution in [1.82, 2.24) is 4.98 Å². The number of nitrogens with one attached hydrogen (secondary N) is 1. The molecule has 1 aromatic carbocycles. The topological polar surface area (TPSA) is 42.0 Å². The fourth-order valence-electron chi connectivity index (χ4n) is 1.82. The number of fused-ring (bicyclic) bond motifs is 1. The number of carbonyl (C=O) groups is 1. The molecule has 0 unspecified atom stereocenters. The predicted molar refractivity (Wildman–Crippen MR) is 81.7 cm³/mol. The number of pyridine rings is 1. The van der Waals surface area contributed by atoms with Crippen molar-refractivity contribution in [3.8, 4) is 0 Å². The van der Waals surface area contributed by atoms with Crippen LogP contribution in [0.15, 0.2) is 52.4 Å². The zero-order valence-electron chi connectivity index (χ0n) is 9.76. The third-order valence-electron chi connectivity index (χ3n) is 2.70. The normalized spacial score (nSPS) is 10.6. The number of rotatable bonds is 2. The number of amides is 1. The fourth-order valence-corrected chi connectivity index (χ4v) is 2.80. The van der Waals surface area contributed by atoms with Crippen LogP contribution in [-0.4, -0.2) is 10.9 Å². The molecule has 1 N–H and O–H groups in total. The molecule has 94 valence electrons. The van der Waals surface area contributed by atoms with Gasteiger partial charge in [-0.1, -0.05) is 22.0 Å². The maximum Gasteiger partial charge on any atom is 0.265 e. The predicted octanol–water partition coefficient (Wildman–Crippen LogP) is 4.31. The van der Waals surface area contributed by atoms with Gasteiger partial charge >= 0.3 is 0 Å². The maximum atomic E-state index is 12.1. The van der Waals surface area contributed by atoms with Gasteiger partial charge in [-0.15, -0.1) is 11.3 Å². The Hall–Kier alpha value is -1.72. The third-order valence-corrected chi connectivity index (χ3v) is 4.06. The summed E-state index contributed by atoms with van der Waals surface area (Å²) in [6.07, 6.45) is 1.69. The molecule has 19 heavy (non-hydrogen) atoms. The molecule has 0 aliphatic rings. The minimum Gasteiger partial charge on any atom is -0.321 e. The van der Waals surface area contributed by atoms with Crippen LogP contribution >= 0.6 is 27.3 Å². The molecule has 3 aromatic rings. The van der Waals surface area contributed by atoms with E-state index in [1.165, 1.54) is 11.3 Å². The van der Waals surface area contributed by atoms with Crippen LogP contribution in [0.2, 0.25) is 0 Å². The highest BCUT2D eigenvalue weighted by atomic mass is 79.9. The lowest BCUT2D eigenvalue weighted by atomic mass is 10.2. The number of nitrogens with zero attached hydrogens (tertiary/aromatic N) is 1. The molecule has 0 spiro atoms. The van der Waals surface area contributed by atoms with Crippen molar-refractivity contribution in [3.63, 3.8) is 0 Å². The Bertz CT molecular complexity index is 740.